The number of nitrogens with zero attached hydrogens (tertiary/aromatic N) is 2. The summed E-state index contributed by atoms with van der Waals surface area (Å²) >= 11 is 6.83. The van der Waals surface area contributed by atoms with E-state index in [1.54, 1.807) is 0 Å². The zero-order valence-corrected chi connectivity index (χ0v) is 15.2. The second kappa shape index (κ2) is 7.08. The highest BCUT2D eigenvalue weighted by Crippen LogP contribution is 2.31. The topological polar surface area (TPSA) is 61.9 Å². The molecule has 0 aliphatic heterocycles. The lowest BCUT2D eigenvalue weighted by atomic mass is 10.1. The molecule has 4 rings (SSSR count). The van der Waals surface area contributed by atoms with Crippen molar-refractivity contribution in [2.75, 3.05) is 5.32 Å². The summed E-state index contributed by atoms with van der Waals surface area (Å²) in [6.07, 6.45) is 0. The summed E-state index contributed by atoms with van der Waals surface area (Å²) < 4.78 is 5.85. The number of thiazole rings is 1. The maximum absolute atomic E-state index is 9.59. The number of benzene rings is 2. The maximum atomic E-state index is 9.59. The van der Waals surface area contributed by atoms with Gasteiger partial charge in [0.25, 0.3) is 0 Å². The number of aromatic nitrogens is 1. The van der Waals surface area contributed by atoms with Gasteiger partial charge < -0.3 is 9.73 Å². The Morgan fingerprint density at radius 2 is 1.92 bits per heavy atom. The van der Waals surface area contributed by atoms with E-state index in [1.165, 1.54) is 11.3 Å². The first-order valence-corrected chi connectivity index (χ1v) is 9.23. The van der Waals surface area contributed by atoms with E-state index in [4.69, 9.17) is 16.6 Å². The van der Waals surface area contributed by atoms with Gasteiger partial charge in [-0.15, -0.1) is 11.3 Å². The highest BCUT2D eigenvalue weighted by atomic mass is 32.1. The Bertz CT molecular complexity index is 1080. The fourth-order valence-electron chi connectivity index (χ4n) is 2.60. The first-order chi connectivity index (χ1) is 12.7. The Hall–Kier alpha value is -3.01. The summed E-state index contributed by atoms with van der Waals surface area (Å²) in [5.41, 5.74) is 2.38. The van der Waals surface area contributed by atoms with Gasteiger partial charge in [0.15, 0.2) is 5.76 Å². The van der Waals surface area contributed by atoms with Gasteiger partial charge in [0, 0.05) is 16.5 Å². The van der Waals surface area contributed by atoms with Gasteiger partial charge in [-0.2, -0.15) is 5.26 Å². The van der Waals surface area contributed by atoms with Crippen LogP contribution in [0.5, 0.6) is 0 Å². The highest BCUT2D eigenvalue weighted by molar-refractivity contribution is 7.80. The zero-order valence-electron chi connectivity index (χ0n) is 13.5. The van der Waals surface area contributed by atoms with Crippen molar-refractivity contribution in [1.82, 2.24) is 4.98 Å². The van der Waals surface area contributed by atoms with Crippen LogP contribution in [0.25, 0.3) is 22.4 Å². The Morgan fingerprint density at radius 3 is 2.69 bits per heavy atom. The van der Waals surface area contributed by atoms with Crippen LogP contribution in [0.1, 0.15) is 10.9 Å². The van der Waals surface area contributed by atoms with Crippen LogP contribution in [-0.2, 0) is 0 Å². The molecule has 0 aliphatic carbocycles. The third-order valence-electron chi connectivity index (χ3n) is 3.88. The van der Waals surface area contributed by atoms with Gasteiger partial charge >= 0.3 is 0 Å². The molecular formula is C20H13N3OS2. The van der Waals surface area contributed by atoms with E-state index < -0.39 is 5.92 Å². The number of hydrogen-bond acceptors (Lipinski definition) is 5. The van der Waals surface area contributed by atoms with E-state index in [0.29, 0.717) is 21.5 Å². The molecule has 1 unspecified atom stereocenters. The molecule has 126 valence electrons. The minimum atomic E-state index is -0.603. The van der Waals surface area contributed by atoms with Crippen LogP contribution in [0.15, 0.2) is 70.5 Å². The van der Waals surface area contributed by atoms with Gasteiger partial charge in [-0.25, -0.2) is 4.98 Å². The summed E-state index contributed by atoms with van der Waals surface area (Å²) in [6, 6.07) is 21.6. The van der Waals surface area contributed by atoms with E-state index in [9.17, 15) is 5.26 Å². The lowest BCUT2D eigenvalue weighted by Crippen LogP contribution is -2.17. The molecule has 0 radical (unpaired) electrons. The molecule has 0 amide bonds. The Morgan fingerprint density at radius 1 is 1.15 bits per heavy atom. The van der Waals surface area contributed by atoms with Crippen LogP contribution < -0.4 is 5.32 Å². The van der Waals surface area contributed by atoms with Crippen molar-refractivity contribution in [3.8, 4) is 17.5 Å². The molecule has 2 heterocycles. The molecule has 0 saturated heterocycles. The molecule has 0 saturated carbocycles. The second-order valence-corrected chi connectivity index (χ2v) is 6.97. The number of thiocarbonyl (C=S) groups is 1. The minimum absolute atomic E-state index is 0.434. The summed E-state index contributed by atoms with van der Waals surface area (Å²) in [5.74, 6) is 0.0839. The van der Waals surface area contributed by atoms with Crippen molar-refractivity contribution in [3.63, 3.8) is 0 Å². The van der Waals surface area contributed by atoms with Crippen molar-refractivity contribution in [1.29, 1.82) is 5.26 Å². The van der Waals surface area contributed by atoms with Crippen molar-refractivity contribution in [3.05, 3.63) is 71.1 Å². The monoisotopic (exact) mass is 375 g/mol. The first-order valence-electron chi connectivity index (χ1n) is 7.94. The average molecular weight is 375 g/mol. The number of para-hydroxylation sites is 2. The molecule has 1 atom stereocenters. The van der Waals surface area contributed by atoms with Crippen LogP contribution in [0.2, 0.25) is 0 Å². The molecular weight excluding hydrogens is 362 g/mol. The number of hydrogen-bond donors (Lipinski definition) is 1. The number of fused-ring (bicyclic) bond motifs is 1. The fraction of sp³-hybridized carbons (Fsp3) is 0.0500. The standard InChI is InChI=1S/C20H13N3OS2/c21-11-15(19(25)22-14-7-2-1-3-8-14)20-23-16(12-26-20)18-10-13-6-4-5-9-17(13)24-18/h1-10,12,15H,(H,22,25). The van der Waals surface area contributed by atoms with E-state index in [0.717, 1.165) is 16.7 Å². The number of furan rings is 1. The van der Waals surface area contributed by atoms with Gasteiger partial charge in [0.1, 0.15) is 27.2 Å². The zero-order chi connectivity index (χ0) is 17.9. The summed E-state index contributed by atoms with van der Waals surface area (Å²) in [5, 5.41) is 16.3. The molecule has 0 aliphatic rings. The van der Waals surface area contributed by atoms with E-state index >= 15 is 0 Å². The molecule has 2 aromatic heterocycles. The number of nitriles is 1. The van der Waals surface area contributed by atoms with Gasteiger partial charge in [-0.1, -0.05) is 48.6 Å². The fourth-order valence-corrected chi connectivity index (χ4v) is 3.82. The van der Waals surface area contributed by atoms with Crippen LogP contribution in [-0.4, -0.2) is 9.97 Å². The average Bonchev–Trinajstić information content (AvgIpc) is 3.30. The summed E-state index contributed by atoms with van der Waals surface area (Å²) in [4.78, 5) is 5.02. The van der Waals surface area contributed by atoms with Crippen LogP contribution >= 0.6 is 23.6 Å². The SMILES string of the molecule is N#CC(C(=S)Nc1ccccc1)c1nc(-c2cc3ccccc3o2)cs1. The predicted molar refractivity (Wildman–Crippen MR) is 108 cm³/mol. The number of nitrogens with one attached hydrogen (secondary N) is 1. The highest BCUT2D eigenvalue weighted by Gasteiger charge is 2.21. The van der Waals surface area contributed by atoms with E-state index in [-0.39, 0.29) is 0 Å². The van der Waals surface area contributed by atoms with Crippen molar-refractivity contribution >= 4 is 45.2 Å². The predicted octanol–water partition coefficient (Wildman–Crippen LogP) is 5.60. The molecule has 2 aromatic carbocycles. The molecule has 6 heteroatoms. The molecule has 0 fully saturated rings. The third-order valence-corrected chi connectivity index (χ3v) is 5.13. The molecule has 0 bridgehead atoms. The minimum Gasteiger partial charge on any atom is -0.454 e. The molecule has 4 aromatic rings. The smallest absolute Gasteiger partial charge is 0.154 e. The molecule has 26 heavy (non-hydrogen) atoms. The van der Waals surface area contributed by atoms with Crippen LogP contribution in [0.4, 0.5) is 5.69 Å². The van der Waals surface area contributed by atoms with Crippen LogP contribution in [0.3, 0.4) is 0 Å². The summed E-state index contributed by atoms with van der Waals surface area (Å²) in [7, 11) is 0. The largest absolute Gasteiger partial charge is 0.454 e. The lowest BCUT2D eigenvalue weighted by Gasteiger charge is -2.10. The Kier molecular flexibility index (Phi) is 4.48. The molecule has 4 nitrogen and oxygen atoms in total. The van der Waals surface area contributed by atoms with Gasteiger partial charge in [-0.3, -0.25) is 0 Å². The first kappa shape index (κ1) is 16.5. The second-order valence-electron chi connectivity index (χ2n) is 5.64. The van der Waals surface area contributed by atoms with Gasteiger partial charge in [0.2, 0.25) is 0 Å². The quantitative estimate of drug-likeness (QED) is 0.470. The Labute approximate surface area is 159 Å². The third kappa shape index (κ3) is 3.23. The van der Waals surface area contributed by atoms with Crippen molar-refractivity contribution in [2.45, 2.75) is 5.92 Å². The summed E-state index contributed by atoms with van der Waals surface area (Å²) in [6.45, 7) is 0. The Balaban J connectivity index is 1.59. The number of anilines is 1. The molecule has 1 N–H and O–H groups in total. The maximum Gasteiger partial charge on any atom is 0.154 e. The van der Waals surface area contributed by atoms with Gasteiger partial charge in [-0.05, 0) is 24.3 Å². The van der Waals surface area contributed by atoms with Crippen molar-refractivity contribution in [2.24, 2.45) is 0 Å². The lowest BCUT2D eigenvalue weighted by molar-refractivity contribution is 0.629. The van der Waals surface area contributed by atoms with Crippen LogP contribution in [0, 0.1) is 11.3 Å². The van der Waals surface area contributed by atoms with E-state index in [1.807, 2.05) is 66.0 Å². The van der Waals surface area contributed by atoms with Crippen molar-refractivity contribution < 1.29 is 4.42 Å². The number of rotatable bonds is 4. The van der Waals surface area contributed by atoms with E-state index in [2.05, 4.69) is 16.4 Å². The molecule has 0 spiro atoms. The van der Waals surface area contributed by atoms with Gasteiger partial charge in [0.05, 0.1) is 6.07 Å². The normalized spacial score (nSPS) is 11.8.